The molecule has 0 aromatic heterocycles. The molecule has 0 saturated heterocycles. The van der Waals surface area contributed by atoms with Crippen molar-refractivity contribution in [2.75, 3.05) is 19.9 Å². The highest BCUT2D eigenvalue weighted by Crippen LogP contribution is 2.14. The Kier molecular flexibility index (Phi) is 5.21. The fourth-order valence-corrected chi connectivity index (χ4v) is 1.53. The summed E-state index contributed by atoms with van der Waals surface area (Å²) in [5.74, 6) is -0.240. The van der Waals surface area contributed by atoms with Gasteiger partial charge in [-0.2, -0.15) is 0 Å². The van der Waals surface area contributed by atoms with Gasteiger partial charge in [0.2, 0.25) is 0 Å². The molecule has 0 amide bonds. The third-order valence-electron chi connectivity index (χ3n) is 1.99. The van der Waals surface area contributed by atoms with Gasteiger partial charge in [-0.25, -0.2) is 0 Å². The van der Waals surface area contributed by atoms with Crippen LogP contribution in [0.5, 0.6) is 0 Å². The van der Waals surface area contributed by atoms with E-state index in [9.17, 15) is 4.79 Å². The summed E-state index contributed by atoms with van der Waals surface area (Å²) in [6.45, 7) is 0.935. The van der Waals surface area contributed by atoms with Crippen LogP contribution in [-0.4, -0.2) is 25.9 Å². The monoisotopic (exact) mass is 225 g/mol. The van der Waals surface area contributed by atoms with Crippen LogP contribution in [-0.2, 0) is 16.1 Å². The molecule has 0 fully saturated rings. The van der Waals surface area contributed by atoms with Crippen molar-refractivity contribution in [2.24, 2.45) is 0 Å². The highest BCUT2D eigenvalue weighted by Gasteiger charge is 1.98. The van der Waals surface area contributed by atoms with Gasteiger partial charge >= 0.3 is 5.97 Å². The molecule has 1 N–H and O–H groups in total. The van der Waals surface area contributed by atoms with Crippen LogP contribution in [0.2, 0.25) is 0 Å². The summed E-state index contributed by atoms with van der Waals surface area (Å²) in [6, 6.07) is 8.24. The molecule has 0 heterocycles. The molecule has 0 atom stereocenters. The summed E-state index contributed by atoms with van der Waals surface area (Å²) in [6.07, 6.45) is 2.05. The summed E-state index contributed by atoms with van der Waals surface area (Å²) in [4.78, 5) is 12.1. The van der Waals surface area contributed by atoms with Gasteiger partial charge in [0.1, 0.15) is 0 Å². The minimum Gasteiger partial charge on any atom is -0.468 e. The lowest BCUT2D eigenvalue weighted by atomic mass is 10.2. The van der Waals surface area contributed by atoms with Gasteiger partial charge in [-0.15, -0.1) is 11.8 Å². The van der Waals surface area contributed by atoms with Gasteiger partial charge in [0.25, 0.3) is 0 Å². The van der Waals surface area contributed by atoms with Crippen LogP contribution in [0.25, 0.3) is 0 Å². The van der Waals surface area contributed by atoms with Crippen molar-refractivity contribution in [3.05, 3.63) is 29.8 Å². The van der Waals surface area contributed by atoms with Crippen LogP contribution >= 0.6 is 11.8 Å². The van der Waals surface area contributed by atoms with Gasteiger partial charge in [0, 0.05) is 11.4 Å². The van der Waals surface area contributed by atoms with E-state index in [4.69, 9.17) is 0 Å². The highest BCUT2D eigenvalue weighted by atomic mass is 32.2. The van der Waals surface area contributed by atoms with Crippen molar-refractivity contribution in [3.63, 3.8) is 0 Å². The number of carbonyl (C=O) groups is 1. The van der Waals surface area contributed by atoms with Crippen LogP contribution in [0.1, 0.15) is 5.56 Å². The van der Waals surface area contributed by atoms with E-state index in [0.29, 0.717) is 6.54 Å². The summed E-state index contributed by atoms with van der Waals surface area (Å²) in [5.41, 5.74) is 1.16. The number of esters is 1. The minimum atomic E-state index is -0.240. The second kappa shape index (κ2) is 6.48. The Labute approximate surface area is 94.2 Å². The van der Waals surface area contributed by atoms with E-state index >= 15 is 0 Å². The number of hydrogen-bond donors (Lipinski definition) is 1. The van der Waals surface area contributed by atoms with E-state index in [1.54, 1.807) is 11.8 Å². The number of thioether (sulfide) groups is 1. The maximum absolute atomic E-state index is 10.8. The number of benzene rings is 1. The molecular weight excluding hydrogens is 210 g/mol. The topological polar surface area (TPSA) is 38.3 Å². The van der Waals surface area contributed by atoms with Crippen molar-refractivity contribution in [1.82, 2.24) is 5.32 Å². The van der Waals surface area contributed by atoms with Crippen molar-refractivity contribution in [1.29, 1.82) is 0 Å². The molecule has 82 valence electrons. The second-order valence-corrected chi connectivity index (χ2v) is 3.91. The van der Waals surface area contributed by atoms with Gasteiger partial charge < -0.3 is 10.1 Å². The lowest BCUT2D eigenvalue weighted by Gasteiger charge is -2.04. The maximum atomic E-state index is 10.8. The predicted octanol–water partition coefficient (Wildman–Crippen LogP) is 1.67. The largest absolute Gasteiger partial charge is 0.468 e. The molecule has 0 unspecified atom stereocenters. The molecule has 0 aliphatic heterocycles. The molecule has 1 aromatic carbocycles. The predicted molar refractivity (Wildman–Crippen MR) is 61.9 cm³/mol. The zero-order valence-corrected chi connectivity index (χ0v) is 9.76. The lowest BCUT2D eigenvalue weighted by Crippen LogP contribution is -2.23. The second-order valence-electron chi connectivity index (χ2n) is 3.03. The number of hydrogen-bond acceptors (Lipinski definition) is 4. The average molecular weight is 225 g/mol. The molecule has 1 aromatic rings. The van der Waals surface area contributed by atoms with Gasteiger partial charge in [-0.1, -0.05) is 12.1 Å². The molecule has 0 radical (unpaired) electrons. The normalized spacial score (nSPS) is 10.0. The zero-order valence-electron chi connectivity index (χ0n) is 8.95. The molecule has 0 bridgehead atoms. The quantitative estimate of drug-likeness (QED) is 0.611. The number of rotatable bonds is 5. The Hall–Kier alpha value is -1.00. The molecular formula is C11H15NO2S. The first-order valence-corrected chi connectivity index (χ1v) is 5.89. The van der Waals surface area contributed by atoms with Gasteiger partial charge in [0.15, 0.2) is 0 Å². The molecule has 1 rings (SSSR count). The molecule has 0 aliphatic carbocycles. The van der Waals surface area contributed by atoms with Crippen molar-refractivity contribution < 1.29 is 9.53 Å². The first-order chi connectivity index (χ1) is 7.26. The Morgan fingerprint density at radius 1 is 1.40 bits per heavy atom. The number of carbonyl (C=O) groups excluding carboxylic acids is 1. The van der Waals surface area contributed by atoms with Gasteiger partial charge in [-0.3, -0.25) is 4.79 Å². The van der Waals surface area contributed by atoms with E-state index in [0.717, 1.165) is 5.56 Å². The van der Waals surface area contributed by atoms with Crippen LogP contribution in [0.4, 0.5) is 0 Å². The van der Waals surface area contributed by atoms with E-state index in [2.05, 4.69) is 34.3 Å². The van der Waals surface area contributed by atoms with Gasteiger partial charge in [0.05, 0.1) is 13.7 Å². The van der Waals surface area contributed by atoms with Crippen molar-refractivity contribution in [2.45, 2.75) is 11.4 Å². The maximum Gasteiger partial charge on any atom is 0.319 e. The summed E-state index contributed by atoms with van der Waals surface area (Å²) >= 11 is 1.72. The fourth-order valence-electron chi connectivity index (χ4n) is 1.12. The Morgan fingerprint density at radius 2 is 2.07 bits per heavy atom. The van der Waals surface area contributed by atoms with Crippen LogP contribution in [0, 0.1) is 0 Å². The third kappa shape index (κ3) is 4.36. The fraction of sp³-hybridized carbons (Fsp3) is 0.364. The number of nitrogens with one attached hydrogen (secondary N) is 1. The summed E-state index contributed by atoms with van der Waals surface area (Å²) < 4.78 is 4.52. The van der Waals surface area contributed by atoms with E-state index in [-0.39, 0.29) is 12.5 Å². The van der Waals surface area contributed by atoms with Crippen LogP contribution in [0.3, 0.4) is 0 Å². The lowest BCUT2D eigenvalue weighted by molar-refractivity contribution is -0.139. The number of ether oxygens (including phenoxy) is 1. The van der Waals surface area contributed by atoms with Crippen molar-refractivity contribution in [3.8, 4) is 0 Å². The molecule has 15 heavy (non-hydrogen) atoms. The minimum absolute atomic E-state index is 0.240. The molecule has 0 spiro atoms. The summed E-state index contributed by atoms with van der Waals surface area (Å²) in [5, 5.41) is 3.01. The first kappa shape index (κ1) is 12.1. The van der Waals surface area contributed by atoms with E-state index in [1.165, 1.54) is 12.0 Å². The first-order valence-electron chi connectivity index (χ1n) is 4.66. The average Bonchev–Trinajstić information content (AvgIpc) is 2.29. The molecule has 0 aliphatic rings. The smallest absolute Gasteiger partial charge is 0.319 e. The molecule has 4 heteroatoms. The molecule has 3 nitrogen and oxygen atoms in total. The van der Waals surface area contributed by atoms with Crippen LogP contribution < -0.4 is 5.32 Å². The van der Waals surface area contributed by atoms with Gasteiger partial charge in [-0.05, 0) is 24.0 Å². The Balaban J connectivity index is 2.34. The summed E-state index contributed by atoms with van der Waals surface area (Å²) in [7, 11) is 1.39. The molecule has 0 saturated carbocycles. The Bertz CT molecular complexity index is 311. The number of methoxy groups -OCH3 is 1. The standard InChI is InChI=1S/C11H15NO2S/c1-14-11(13)8-12-7-9-3-5-10(15-2)6-4-9/h3-6,12H,7-8H2,1-2H3. The third-order valence-corrected chi connectivity index (χ3v) is 2.73. The SMILES string of the molecule is COC(=O)CNCc1ccc(SC)cc1. The zero-order chi connectivity index (χ0) is 11.1. The highest BCUT2D eigenvalue weighted by molar-refractivity contribution is 7.98. The van der Waals surface area contributed by atoms with E-state index in [1.807, 2.05) is 6.26 Å². The Morgan fingerprint density at radius 3 is 2.60 bits per heavy atom. The van der Waals surface area contributed by atoms with Crippen LogP contribution in [0.15, 0.2) is 29.2 Å². The van der Waals surface area contributed by atoms with E-state index < -0.39 is 0 Å². The van der Waals surface area contributed by atoms with Crippen molar-refractivity contribution >= 4 is 17.7 Å².